The summed E-state index contributed by atoms with van der Waals surface area (Å²) in [4.78, 5) is 14.6. The molecule has 0 saturated carbocycles. The average molecular weight is 371 g/mol. The number of aromatic hydroxyl groups is 1. The van der Waals surface area contributed by atoms with Crippen molar-refractivity contribution in [2.45, 2.75) is 32.5 Å². The first-order chi connectivity index (χ1) is 13.1. The molecule has 27 heavy (non-hydrogen) atoms. The molecule has 0 aliphatic carbocycles. The summed E-state index contributed by atoms with van der Waals surface area (Å²) in [5.74, 6) is 0.434. The molecule has 0 amide bonds. The highest BCUT2D eigenvalue weighted by molar-refractivity contribution is 5.76. The fourth-order valence-corrected chi connectivity index (χ4v) is 3.49. The number of benzene rings is 2. The van der Waals surface area contributed by atoms with E-state index in [2.05, 4.69) is 17.0 Å². The van der Waals surface area contributed by atoms with Gasteiger partial charge in [0.05, 0.1) is 20.8 Å². The quantitative estimate of drug-likeness (QED) is 0.788. The molecule has 0 saturated heterocycles. The molecule has 0 bridgehead atoms. The van der Waals surface area contributed by atoms with Gasteiger partial charge in [0.1, 0.15) is 6.04 Å². The number of nitrogens with zero attached hydrogens (tertiary/aromatic N) is 1. The molecule has 0 spiro atoms. The molecule has 1 N–H and O–H groups in total. The van der Waals surface area contributed by atoms with Crippen molar-refractivity contribution in [2.75, 3.05) is 20.8 Å². The molecule has 1 aliphatic heterocycles. The Balaban J connectivity index is 1.92. The van der Waals surface area contributed by atoms with Crippen LogP contribution in [0.2, 0.25) is 0 Å². The number of carbonyl (C=O) groups is 1. The minimum atomic E-state index is -0.356. The molecule has 144 valence electrons. The Morgan fingerprint density at radius 2 is 1.78 bits per heavy atom. The minimum Gasteiger partial charge on any atom is -0.502 e. The van der Waals surface area contributed by atoms with E-state index in [1.807, 2.05) is 19.1 Å². The predicted octanol–water partition coefficient (Wildman–Crippen LogP) is 2.90. The molecule has 0 aromatic heterocycles. The summed E-state index contributed by atoms with van der Waals surface area (Å²) in [6.07, 6.45) is 0.612. The number of hydrogen-bond donors (Lipinski definition) is 1. The first kappa shape index (κ1) is 19.0. The highest BCUT2D eigenvalue weighted by atomic mass is 16.5. The van der Waals surface area contributed by atoms with Crippen molar-refractivity contribution in [3.63, 3.8) is 0 Å². The topological polar surface area (TPSA) is 68.2 Å². The number of fused-ring (bicyclic) bond motifs is 1. The smallest absolute Gasteiger partial charge is 0.323 e. The number of hydrogen-bond acceptors (Lipinski definition) is 6. The van der Waals surface area contributed by atoms with Crippen LogP contribution in [0, 0.1) is 0 Å². The molecule has 1 unspecified atom stereocenters. The Labute approximate surface area is 159 Å². The zero-order valence-electron chi connectivity index (χ0n) is 15.9. The molecule has 0 fully saturated rings. The van der Waals surface area contributed by atoms with Crippen molar-refractivity contribution in [1.82, 2.24) is 4.90 Å². The number of methoxy groups -OCH3 is 2. The summed E-state index contributed by atoms with van der Waals surface area (Å²) in [5.41, 5.74) is 3.26. The lowest BCUT2D eigenvalue weighted by Crippen LogP contribution is -2.45. The molecular formula is C21H25NO5. The van der Waals surface area contributed by atoms with Crippen molar-refractivity contribution in [2.24, 2.45) is 0 Å². The van der Waals surface area contributed by atoms with Crippen LogP contribution in [0.25, 0.3) is 0 Å². The van der Waals surface area contributed by atoms with Crippen LogP contribution in [-0.2, 0) is 29.0 Å². The Morgan fingerprint density at radius 1 is 1.15 bits per heavy atom. The zero-order valence-corrected chi connectivity index (χ0v) is 15.9. The van der Waals surface area contributed by atoms with Gasteiger partial charge in [-0.05, 0) is 42.2 Å². The molecule has 1 atom stereocenters. The van der Waals surface area contributed by atoms with Crippen molar-refractivity contribution < 1.29 is 24.1 Å². The van der Waals surface area contributed by atoms with Gasteiger partial charge in [-0.25, -0.2) is 0 Å². The Hall–Kier alpha value is -2.73. The van der Waals surface area contributed by atoms with Gasteiger partial charge in [0.15, 0.2) is 11.5 Å². The van der Waals surface area contributed by atoms with Crippen molar-refractivity contribution in [3.8, 4) is 17.2 Å². The number of phenols is 1. The summed E-state index contributed by atoms with van der Waals surface area (Å²) >= 11 is 0. The molecule has 6 heteroatoms. The van der Waals surface area contributed by atoms with Gasteiger partial charge in [-0.3, -0.25) is 9.69 Å². The summed E-state index contributed by atoms with van der Waals surface area (Å²) < 4.78 is 15.8. The molecule has 1 heterocycles. The molecule has 2 aromatic carbocycles. The SMILES string of the molecule is CCOC(=O)C1Cc2ccccc2CN1Cc1cc(OC)c(O)c(OC)c1. The van der Waals surface area contributed by atoms with Crippen LogP contribution >= 0.6 is 0 Å². The van der Waals surface area contributed by atoms with E-state index >= 15 is 0 Å². The highest BCUT2D eigenvalue weighted by Crippen LogP contribution is 2.38. The minimum absolute atomic E-state index is 0.0327. The van der Waals surface area contributed by atoms with E-state index in [-0.39, 0.29) is 17.8 Å². The third-order valence-electron chi connectivity index (χ3n) is 4.83. The van der Waals surface area contributed by atoms with Gasteiger partial charge in [0, 0.05) is 13.1 Å². The van der Waals surface area contributed by atoms with Crippen LogP contribution in [0.5, 0.6) is 17.2 Å². The second-order valence-corrected chi connectivity index (χ2v) is 6.49. The maximum atomic E-state index is 12.6. The molecule has 2 aromatic rings. The maximum Gasteiger partial charge on any atom is 0.323 e. The van der Waals surface area contributed by atoms with E-state index < -0.39 is 0 Å². The van der Waals surface area contributed by atoms with Crippen LogP contribution in [0.3, 0.4) is 0 Å². The Bertz CT molecular complexity index is 795. The maximum absolute atomic E-state index is 12.6. The lowest BCUT2D eigenvalue weighted by molar-refractivity contribution is -0.150. The van der Waals surface area contributed by atoms with Crippen LogP contribution in [0.1, 0.15) is 23.6 Å². The van der Waals surface area contributed by atoms with E-state index in [0.29, 0.717) is 37.6 Å². The van der Waals surface area contributed by atoms with Crippen molar-refractivity contribution in [3.05, 3.63) is 53.1 Å². The van der Waals surface area contributed by atoms with Crippen molar-refractivity contribution in [1.29, 1.82) is 0 Å². The number of esters is 1. The number of rotatable bonds is 6. The molecular weight excluding hydrogens is 346 g/mol. The van der Waals surface area contributed by atoms with Gasteiger partial charge in [-0.15, -0.1) is 0 Å². The summed E-state index contributed by atoms with van der Waals surface area (Å²) in [7, 11) is 2.99. The van der Waals surface area contributed by atoms with Crippen LogP contribution in [-0.4, -0.2) is 42.8 Å². The fourth-order valence-electron chi connectivity index (χ4n) is 3.49. The van der Waals surface area contributed by atoms with Crippen LogP contribution in [0.15, 0.2) is 36.4 Å². The van der Waals surface area contributed by atoms with E-state index in [4.69, 9.17) is 14.2 Å². The summed E-state index contributed by atoms with van der Waals surface area (Å²) in [5, 5.41) is 10.1. The van der Waals surface area contributed by atoms with Crippen LogP contribution < -0.4 is 9.47 Å². The van der Waals surface area contributed by atoms with Gasteiger partial charge < -0.3 is 19.3 Å². The van der Waals surface area contributed by atoms with Gasteiger partial charge in [-0.2, -0.15) is 0 Å². The normalized spacial score (nSPS) is 16.5. The monoisotopic (exact) mass is 371 g/mol. The molecule has 6 nitrogen and oxygen atoms in total. The van der Waals surface area contributed by atoms with E-state index in [1.54, 1.807) is 12.1 Å². The summed E-state index contributed by atoms with van der Waals surface area (Å²) in [6, 6.07) is 11.3. The fraction of sp³-hybridized carbons (Fsp3) is 0.381. The standard InChI is InChI=1S/C21H25NO5/c1-4-27-21(24)17-11-15-7-5-6-8-16(15)13-22(17)12-14-9-18(25-2)20(23)19(10-14)26-3/h5-10,17,23H,4,11-13H2,1-3H3. The third kappa shape index (κ3) is 4.01. The molecule has 3 rings (SSSR count). The second kappa shape index (κ2) is 8.31. The third-order valence-corrected chi connectivity index (χ3v) is 4.83. The van der Waals surface area contributed by atoms with Gasteiger partial charge in [-0.1, -0.05) is 24.3 Å². The number of phenolic OH excluding ortho intramolecular Hbond substituents is 1. The largest absolute Gasteiger partial charge is 0.502 e. The Kier molecular flexibility index (Phi) is 5.86. The first-order valence-electron chi connectivity index (χ1n) is 8.98. The Morgan fingerprint density at radius 3 is 2.37 bits per heavy atom. The average Bonchev–Trinajstić information content (AvgIpc) is 2.68. The summed E-state index contributed by atoms with van der Waals surface area (Å²) in [6.45, 7) is 3.32. The van der Waals surface area contributed by atoms with Gasteiger partial charge in [0.2, 0.25) is 5.75 Å². The number of ether oxygens (including phenoxy) is 3. The molecule has 1 aliphatic rings. The van der Waals surface area contributed by atoms with Crippen molar-refractivity contribution >= 4 is 5.97 Å². The lowest BCUT2D eigenvalue weighted by atomic mass is 9.93. The van der Waals surface area contributed by atoms with E-state index in [9.17, 15) is 9.90 Å². The van der Waals surface area contributed by atoms with Crippen LogP contribution in [0.4, 0.5) is 0 Å². The number of carbonyl (C=O) groups excluding carboxylic acids is 1. The highest BCUT2D eigenvalue weighted by Gasteiger charge is 2.32. The predicted molar refractivity (Wildman–Crippen MR) is 101 cm³/mol. The lowest BCUT2D eigenvalue weighted by Gasteiger charge is -2.35. The van der Waals surface area contributed by atoms with Gasteiger partial charge >= 0.3 is 5.97 Å². The zero-order chi connectivity index (χ0) is 19.4. The van der Waals surface area contributed by atoms with Gasteiger partial charge in [0.25, 0.3) is 0 Å². The molecule has 0 radical (unpaired) electrons. The second-order valence-electron chi connectivity index (χ2n) is 6.49. The van der Waals surface area contributed by atoms with E-state index in [0.717, 1.165) is 5.56 Å². The van der Waals surface area contributed by atoms with E-state index in [1.165, 1.54) is 25.3 Å². The first-order valence-corrected chi connectivity index (χ1v) is 8.98.